The fourth-order valence-corrected chi connectivity index (χ4v) is 3.72. The van der Waals surface area contributed by atoms with E-state index in [-0.39, 0.29) is 17.9 Å². The summed E-state index contributed by atoms with van der Waals surface area (Å²) < 4.78 is 0. The third-order valence-corrected chi connectivity index (χ3v) is 5.92. The Morgan fingerprint density at radius 1 is 0.967 bits per heavy atom. The standard InChI is InChI=1S/C23H29ClN4O2/c1-18(19-8-4-3-5-9-19)26(2)23(30)17-28-14-12-27(13-15-28)16-22(29)25-21-11-7-6-10-20(21)24/h3-11,18H,12-17H2,1-2H3,(H,25,29)/t18-/m1/s1. The van der Waals surface area contributed by atoms with Gasteiger partial charge in [0.25, 0.3) is 0 Å². The lowest BCUT2D eigenvalue weighted by Gasteiger charge is -2.35. The first kappa shape index (κ1) is 22.3. The highest BCUT2D eigenvalue weighted by Gasteiger charge is 2.24. The molecule has 1 atom stereocenters. The molecule has 0 radical (unpaired) electrons. The number of piperazine rings is 1. The van der Waals surface area contributed by atoms with Gasteiger partial charge in [0.1, 0.15) is 0 Å². The molecule has 2 amide bonds. The molecule has 2 aromatic rings. The van der Waals surface area contributed by atoms with E-state index in [0.29, 0.717) is 23.8 Å². The molecule has 3 rings (SSSR count). The van der Waals surface area contributed by atoms with Crippen LogP contribution in [-0.2, 0) is 9.59 Å². The van der Waals surface area contributed by atoms with Crippen molar-refractivity contribution in [1.82, 2.24) is 14.7 Å². The summed E-state index contributed by atoms with van der Waals surface area (Å²) >= 11 is 6.09. The number of carbonyl (C=O) groups is 2. The molecule has 1 saturated heterocycles. The van der Waals surface area contributed by atoms with Crippen molar-refractivity contribution in [3.8, 4) is 0 Å². The van der Waals surface area contributed by atoms with Crippen molar-refractivity contribution >= 4 is 29.1 Å². The Hall–Kier alpha value is -2.41. The SMILES string of the molecule is C[C@H](c1ccccc1)N(C)C(=O)CN1CCN(CC(=O)Nc2ccccc2Cl)CC1. The summed E-state index contributed by atoms with van der Waals surface area (Å²) in [6.45, 7) is 5.79. The van der Waals surface area contributed by atoms with Crippen molar-refractivity contribution < 1.29 is 9.59 Å². The Labute approximate surface area is 183 Å². The molecule has 2 aromatic carbocycles. The second kappa shape index (κ2) is 10.6. The molecular formula is C23H29ClN4O2. The van der Waals surface area contributed by atoms with E-state index in [1.165, 1.54) is 0 Å². The predicted molar refractivity (Wildman–Crippen MR) is 121 cm³/mol. The van der Waals surface area contributed by atoms with Gasteiger partial charge < -0.3 is 10.2 Å². The molecule has 1 heterocycles. The van der Waals surface area contributed by atoms with Crippen molar-refractivity contribution in [3.05, 3.63) is 65.2 Å². The highest BCUT2D eigenvalue weighted by atomic mass is 35.5. The van der Waals surface area contributed by atoms with Gasteiger partial charge in [0.15, 0.2) is 0 Å². The molecule has 1 aliphatic rings. The molecule has 30 heavy (non-hydrogen) atoms. The zero-order chi connectivity index (χ0) is 21.5. The zero-order valence-electron chi connectivity index (χ0n) is 17.6. The third kappa shape index (κ3) is 6.05. The first-order valence-electron chi connectivity index (χ1n) is 10.2. The van der Waals surface area contributed by atoms with E-state index in [1.54, 1.807) is 17.0 Å². The molecule has 0 unspecified atom stereocenters. The summed E-state index contributed by atoms with van der Waals surface area (Å²) in [6, 6.07) is 17.3. The summed E-state index contributed by atoms with van der Waals surface area (Å²) in [5, 5.41) is 3.39. The van der Waals surface area contributed by atoms with Crippen LogP contribution in [0.25, 0.3) is 0 Å². The van der Waals surface area contributed by atoms with Crippen molar-refractivity contribution in [3.63, 3.8) is 0 Å². The Balaban J connectivity index is 1.42. The summed E-state index contributed by atoms with van der Waals surface area (Å²) in [4.78, 5) is 31.1. The quantitative estimate of drug-likeness (QED) is 0.736. The van der Waals surface area contributed by atoms with Gasteiger partial charge in [-0.3, -0.25) is 19.4 Å². The van der Waals surface area contributed by atoms with Crippen molar-refractivity contribution in [1.29, 1.82) is 0 Å². The number of likely N-dealkylation sites (N-methyl/N-ethyl adjacent to an activating group) is 1. The number of para-hydroxylation sites is 1. The van der Waals surface area contributed by atoms with E-state index in [2.05, 4.69) is 15.1 Å². The normalized spacial score (nSPS) is 16.1. The largest absolute Gasteiger partial charge is 0.338 e. The summed E-state index contributed by atoms with van der Waals surface area (Å²) in [5.41, 5.74) is 1.76. The van der Waals surface area contributed by atoms with Crippen LogP contribution in [0.4, 0.5) is 5.69 Å². The van der Waals surface area contributed by atoms with E-state index in [0.717, 1.165) is 31.7 Å². The van der Waals surface area contributed by atoms with Crippen LogP contribution < -0.4 is 5.32 Å². The number of amides is 2. The van der Waals surface area contributed by atoms with Crippen LogP contribution in [0.5, 0.6) is 0 Å². The van der Waals surface area contributed by atoms with Crippen molar-refractivity contribution in [2.75, 3.05) is 51.6 Å². The number of benzene rings is 2. The molecule has 0 aliphatic carbocycles. The van der Waals surface area contributed by atoms with Gasteiger partial charge >= 0.3 is 0 Å². The van der Waals surface area contributed by atoms with Gasteiger partial charge in [0.05, 0.1) is 29.8 Å². The van der Waals surface area contributed by atoms with Gasteiger partial charge in [0, 0.05) is 33.2 Å². The van der Waals surface area contributed by atoms with Gasteiger partial charge in [-0.2, -0.15) is 0 Å². The maximum atomic E-state index is 12.7. The molecule has 1 fully saturated rings. The molecule has 6 nitrogen and oxygen atoms in total. The molecule has 0 saturated carbocycles. The molecule has 0 bridgehead atoms. The molecule has 0 aromatic heterocycles. The van der Waals surface area contributed by atoms with Crippen LogP contribution in [0.3, 0.4) is 0 Å². The number of nitrogens with zero attached hydrogens (tertiary/aromatic N) is 3. The van der Waals surface area contributed by atoms with Gasteiger partial charge in [-0.25, -0.2) is 0 Å². The number of halogens is 1. The van der Waals surface area contributed by atoms with Crippen LogP contribution in [0.1, 0.15) is 18.5 Å². The molecular weight excluding hydrogens is 400 g/mol. The van der Waals surface area contributed by atoms with E-state index < -0.39 is 0 Å². The van der Waals surface area contributed by atoms with Crippen LogP contribution in [-0.4, -0.2) is 72.8 Å². The summed E-state index contributed by atoms with van der Waals surface area (Å²) in [5.74, 6) is 0.0281. The number of carbonyl (C=O) groups excluding carboxylic acids is 2. The molecule has 7 heteroatoms. The average Bonchev–Trinajstić information content (AvgIpc) is 2.76. The van der Waals surface area contributed by atoms with E-state index in [1.807, 2.05) is 56.4 Å². The minimum Gasteiger partial charge on any atom is -0.338 e. The van der Waals surface area contributed by atoms with Gasteiger partial charge in [-0.1, -0.05) is 54.1 Å². The minimum atomic E-state index is -0.0796. The molecule has 0 spiro atoms. The lowest BCUT2D eigenvalue weighted by Crippen LogP contribution is -2.51. The number of rotatable bonds is 7. The first-order valence-corrected chi connectivity index (χ1v) is 10.6. The number of hydrogen-bond donors (Lipinski definition) is 1. The number of anilines is 1. The van der Waals surface area contributed by atoms with Gasteiger partial charge in [-0.15, -0.1) is 0 Å². The lowest BCUT2D eigenvalue weighted by atomic mass is 10.1. The second-order valence-corrected chi connectivity index (χ2v) is 8.08. The number of hydrogen-bond acceptors (Lipinski definition) is 4. The molecule has 1 N–H and O–H groups in total. The Morgan fingerprint density at radius 2 is 1.53 bits per heavy atom. The summed E-state index contributed by atoms with van der Waals surface area (Å²) in [6.07, 6.45) is 0. The van der Waals surface area contributed by atoms with Crippen LogP contribution >= 0.6 is 11.6 Å². The maximum Gasteiger partial charge on any atom is 0.238 e. The maximum absolute atomic E-state index is 12.7. The number of nitrogens with one attached hydrogen (secondary N) is 1. The second-order valence-electron chi connectivity index (χ2n) is 7.67. The minimum absolute atomic E-state index is 0.0356. The van der Waals surface area contributed by atoms with Crippen LogP contribution in [0.2, 0.25) is 5.02 Å². The first-order chi connectivity index (χ1) is 14.4. The van der Waals surface area contributed by atoms with Crippen LogP contribution in [0, 0.1) is 0 Å². The zero-order valence-corrected chi connectivity index (χ0v) is 18.3. The van der Waals surface area contributed by atoms with Crippen molar-refractivity contribution in [2.45, 2.75) is 13.0 Å². The lowest BCUT2D eigenvalue weighted by molar-refractivity contribution is -0.133. The van der Waals surface area contributed by atoms with E-state index in [9.17, 15) is 9.59 Å². The Bertz CT molecular complexity index is 853. The van der Waals surface area contributed by atoms with E-state index >= 15 is 0 Å². The van der Waals surface area contributed by atoms with Crippen LogP contribution in [0.15, 0.2) is 54.6 Å². The monoisotopic (exact) mass is 428 g/mol. The fraction of sp³-hybridized carbons (Fsp3) is 0.391. The third-order valence-electron chi connectivity index (χ3n) is 5.60. The van der Waals surface area contributed by atoms with Crippen molar-refractivity contribution in [2.24, 2.45) is 0 Å². The highest BCUT2D eigenvalue weighted by Crippen LogP contribution is 2.20. The predicted octanol–water partition coefficient (Wildman–Crippen LogP) is 3.12. The molecule has 1 aliphatic heterocycles. The molecule has 160 valence electrons. The topological polar surface area (TPSA) is 55.9 Å². The smallest absolute Gasteiger partial charge is 0.238 e. The average molecular weight is 429 g/mol. The Morgan fingerprint density at radius 3 is 2.17 bits per heavy atom. The fourth-order valence-electron chi connectivity index (χ4n) is 3.53. The van der Waals surface area contributed by atoms with Gasteiger partial charge in [0.2, 0.25) is 11.8 Å². The summed E-state index contributed by atoms with van der Waals surface area (Å²) in [7, 11) is 1.86. The highest BCUT2D eigenvalue weighted by molar-refractivity contribution is 6.33. The Kier molecular flexibility index (Phi) is 7.85. The van der Waals surface area contributed by atoms with Gasteiger partial charge in [-0.05, 0) is 24.6 Å². The van der Waals surface area contributed by atoms with E-state index in [4.69, 9.17) is 11.6 Å².